The predicted molar refractivity (Wildman–Crippen MR) is 74.7 cm³/mol. The molecular formula is C13H16N2O5S. The van der Waals surface area contributed by atoms with Crippen LogP contribution in [-0.2, 0) is 30.3 Å². The molecule has 0 unspecified atom stereocenters. The van der Waals surface area contributed by atoms with Crippen molar-refractivity contribution in [2.45, 2.75) is 19.8 Å². The van der Waals surface area contributed by atoms with E-state index in [0.717, 1.165) is 6.42 Å². The molecule has 0 aliphatic heterocycles. The molecule has 7 nitrogen and oxygen atoms in total. The standard InChI is InChI=1S/C13H16N2O5S/c1-7-3-9(7)12(18)20-5-10(16)15-13-14-8(6-21-13)4-11(17)19-2/h6-7,9H,3-5H2,1-2H3,(H,14,15,16)/t7-,9+/m0/s1. The van der Waals surface area contributed by atoms with Crippen molar-refractivity contribution in [1.82, 2.24) is 4.98 Å². The molecule has 1 aromatic heterocycles. The van der Waals surface area contributed by atoms with E-state index in [9.17, 15) is 14.4 Å². The number of ether oxygens (including phenoxy) is 2. The van der Waals surface area contributed by atoms with Crippen LogP contribution in [0.2, 0.25) is 0 Å². The van der Waals surface area contributed by atoms with Gasteiger partial charge in [0.05, 0.1) is 25.1 Å². The van der Waals surface area contributed by atoms with Crippen molar-refractivity contribution in [3.05, 3.63) is 11.1 Å². The Balaban J connectivity index is 1.74. The first-order valence-electron chi connectivity index (χ1n) is 6.47. The van der Waals surface area contributed by atoms with E-state index >= 15 is 0 Å². The van der Waals surface area contributed by atoms with Crippen LogP contribution in [0.5, 0.6) is 0 Å². The lowest BCUT2D eigenvalue weighted by Gasteiger charge is -2.03. The van der Waals surface area contributed by atoms with Gasteiger partial charge in [-0.05, 0) is 12.3 Å². The third kappa shape index (κ3) is 4.52. The zero-order valence-corrected chi connectivity index (χ0v) is 12.6. The second-order valence-corrected chi connectivity index (χ2v) is 5.73. The molecule has 1 fully saturated rings. The number of nitrogens with zero attached hydrogens (tertiary/aromatic N) is 1. The molecule has 2 rings (SSSR count). The fraction of sp³-hybridized carbons (Fsp3) is 0.538. The highest BCUT2D eigenvalue weighted by molar-refractivity contribution is 7.13. The van der Waals surface area contributed by atoms with Gasteiger partial charge in [-0.15, -0.1) is 11.3 Å². The van der Waals surface area contributed by atoms with Crippen LogP contribution in [-0.4, -0.2) is 36.5 Å². The molecule has 8 heteroatoms. The lowest BCUT2D eigenvalue weighted by Crippen LogP contribution is -2.21. The number of thiazole rings is 1. The highest BCUT2D eigenvalue weighted by Gasteiger charge is 2.40. The smallest absolute Gasteiger partial charge is 0.311 e. The highest BCUT2D eigenvalue weighted by Crippen LogP contribution is 2.38. The maximum absolute atomic E-state index is 11.6. The van der Waals surface area contributed by atoms with Gasteiger partial charge in [0.15, 0.2) is 11.7 Å². The minimum absolute atomic E-state index is 0.0530. The summed E-state index contributed by atoms with van der Waals surface area (Å²) in [6, 6.07) is 0. The van der Waals surface area contributed by atoms with Crippen molar-refractivity contribution >= 4 is 34.3 Å². The molecule has 1 amide bonds. The van der Waals surface area contributed by atoms with Gasteiger partial charge in [-0.2, -0.15) is 0 Å². The van der Waals surface area contributed by atoms with E-state index in [4.69, 9.17) is 4.74 Å². The Morgan fingerprint density at radius 1 is 1.48 bits per heavy atom. The van der Waals surface area contributed by atoms with Crippen LogP contribution in [0.1, 0.15) is 19.0 Å². The normalized spacial score (nSPS) is 19.7. The summed E-state index contributed by atoms with van der Waals surface area (Å²) < 4.78 is 9.44. The average Bonchev–Trinajstić information content (AvgIpc) is 3.03. The molecule has 1 N–H and O–H groups in total. The van der Waals surface area contributed by atoms with Crippen LogP contribution in [0.15, 0.2) is 5.38 Å². The molecule has 0 bridgehead atoms. The molecule has 0 saturated heterocycles. The summed E-state index contributed by atoms with van der Waals surface area (Å²) >= 11 is 1.19. The predicted octanol–water partition coefficient (Wildman–Crippen LogP) is 0.996. The van der Waals surface area contributed by atoms with Crippen molar-refractivity contribution in [3.8, 4) is 0 Å². The molecule has 1 aromatic rings. The van der Waals surface area contributed by atoms with E-state index in [1.165, 1.54) is 18.4 Å². The van der Waals surface area contributed by atoms with E-state index in [-0.39, 0.29) is 24.9 Å². The molecule has 114 valence electrons. The van der Waals surface area contributed by atoms with Crippen molar-refractivity contribution in [2.24, 2.45) is 11.8 Å². The van der Waals surface area contributed by atoms with Crippen molar-refractivity contribution in [1.29, 1.82) is 0 Å². The van der Waals surface area contributed by atoms with Crippen LogP contribution in [0, 0.1) is 11.8 Å². The molecule has 1 saturated carbocycles. The summed E-state index contributed by atoms with van der Waals surface area (Å²) in [4.78, 5) is 38.2. The average molecular weight is 312 g/mol. The summed E-state index contributed by atoms with van der Waals surface area (Å²) in [6.45, 7) is 1.64. The lowest BCUT2D eigenvalue weighted by molar-refractivity contribution is -0.148. The molecule has 0 spiro atoms. The molecule has 1 aliphatic carbocycles. The Labute approximate surface area is 125 Å². The zero-order chi connectivity index (χ0) is 15.4. The molecule has 21 heavy (non-hydrogen) atoms. The van der Waals surface area contributed by atoms with Crippen molar-refractivity contribution in [3.63, 3.8) is 0 Å². The van der Waals surface area contributed by atoms with E-state index in [1.807, 2.05) is 6.92 Å². The van der Waals surface area contributed by atoms with Crippen LogP contribution >= 0.6 is 11.3 Å². The van der Waals surface area contributed by atoms with E-state index in [0.29, 0.717) is 16.7 Å². The topological polar surface area (TPSA) is 94.6 Å². The fourth-order valence-corrected chi connectivity index (χ4v) is 2.44. The third-order valence-electron chi connectivity index (χ3n) is 3.11. The van der Waals surface area contributed by atoms with E-state index < -0.39 is 11.9 Å². The number of hydrogen-bond acceptors (Lipinski definition) is 7. The maximum atomic E-state index is 11.6. The number of esters is 2. The Morgan fingerprint density at radius 3 is 2.81 bits per heavy atom. The first-order chi connectivity index (χ1) is 9.99. The number of hydrogen-bond donors (Lipinski definition) is 1. The highest BCUT2D eigenvalue weighted by atomic mass is 32.1. The Bertz CT molecular complexity index is 557. The lowest BCUT2D eigenvalue weighted by atomic mass is 10.3. The number of methoxy groups -OCH3 is 1. The molecule has 0 radical (unpaired) electrons. The zero-order valence-electron chi connectivity index (χ0n) is 11.8. The maximum Gasteiger partial charge on any atom is 0.311 e. The van der Waals surface area contributed by atoms with Crippen molar-refractivity contribution < 1.29 is 23.9 Å². The summed E-state index contributed by atoms with van der Waals surface area (Å²) in [7, 11) is 1.30. The van der Waals surface area contributed by atoms with Gasteiger partial charge >= 0.3 is 11.9 Å². The number of carbonyl (C=O) groups excluding carboxylic acids is 3. The SMILES string of the molecule is COC(=O)Cc1csc(NC(=O)COC(=O)[C@@H]2C[C@@H]2C)n1. The first-order valence-corrected chi connectivity index (χ1v) is 7.35. The number of anilines is 1. The van der Waals surface area contributed by atoms with Gasteiger partial charge in [-0.25, -0.2) is 4.98 Å². The van der Waals surface area contributed by atoms with Gasteiger partial charge in [-0.1, -0.05) is 6.92 Å². The van der Waals surface area contributed by atoms with Crippen LogP contribution in [0.25, 0.3) is 0 Å². The number of nitrogens with one attached hydrogen (secondary N) is 1. The first kappa shape index (κ1) is 15.4. The summed E-state index contributed by atoms with van der Waals surface area (Å²) in [5, 5.41) is 4.53. The summed E-state index contributed by atoms with van der Waals surface area (Å²) in [6.07, 6.45) is 0.876. The monoisotopic (exact) mass is 312 g/mol. The third-order valence-corrected chi connectivity index (χ3v) is 3.92. The van der Waals surface area contributed by atoms with Gasteiger partial charge in [0, 0.05) is 5.38 Å². The fourth-order valence-electron chi connectivity index (χ4n) is 1.72. The second kappa shape index (κ2) is 6.66. The van der Waals surface area contributed by atoms with E-state index in [1.54, 1.807) is 5.38 Å². The van der Waals surface area contributed by atoms with Gasteiger partial charge in [0.25, 0.3) is 5.91 Å². The number of amides is 1. The van der Waals surface area contributed by atoms with Crippen LogP contribution in [0.3, 0.4) is 0 Å². The van der Waals surface area contributed by atoms with Gasteiger partial charge in [-0.3, -0.25) is 19.7 Å². The Morgan fingerprint density at radius 2 is 2.19 bits per heavy atom. The van der Waals surface area contributed by atoms with Gasteiger partial charge < -0.3 is 9.47 Å². The van der Waals surface area contributed by atoms with E-state index in [2.05, 4.69) is 15.0 Å². The molecular weight excluding hydrogens is 296 g/mol. The molecule has 1 aliphatic rings. The van der Waals surface area contributed by atoms with Gasteiger partial charge in [0.2, 0.25) is 0 Å². The largest absolute Gasteiger partial charge is 0.469 e. The minimum Gasteiger partial charge on any atom is -0.469 e. The molecule has 0 aromatic carbocycles. The van der Waals surface area contributed by atoms with Crippen LogP contribution in [0.4, 0.5) is 5.13 Å². The van der Waals surface area contributed by atoms with Crippen LogP contribution < -0.4 is 5.32 Å². The molecule has 2 atom stereocenters. The number of rotatable bonds is 6. The Hall–Kier alpha value is -1.96. The second-order valence-electron chi connectivity index (χ2n) is 4.87. The summed E-state index contributed by atoms with van der Waals surface area (Å²) in [5.41, 5.74) is 0.519. The minimum atomic E-state index is -0.448. The van der Waals surface area contributed by atoms with Crippen molar-refractivity contribution in [2.75, 3.05) is 19.0 Å². The molecule has 1 heterocycles. The Kier molecular flexibility index (Phi) is 4.89. The summed E-state index contributed by atoms with van der Waals surface area (Å²) in [5.74, 6) is -0.894. The number of aromatic nitrogens is 1. The number of carbonyl (C=O) groups is 3. The van der Waals surface area contributed by atoms with Gasteiger partial charge in [0.1, 0.15) is 0 Å². The quantitative estimate of drug-likeness (QED) is 0.787.